The van der Waals surface area contributed by atoms with Crippen molar-refractivity contribution in [2.24, 2.45) is 0 Å². The van der Waals surface area contributed by atoms with E-state index in [2.05, 4.69) is 50.4 Å². The maximum atomic E-state index is 4.64. The van der Waals surface area contributed by atoms with Gasteiger partial charge in [-0.15, -0.1) is 11.3 Å². The number of thiazole rings is 1. The molecule has 0 radical (unpaired) electrons. The Kier molecular flexibility index (Phi) is 4.86. The topological polar surface area (TPSA) is 37.8 Å². The van der Waals surface area contributed by atoms with E-state index in [1.165, 1.54) is 0 Å². The maximum absolute atomic E-state index is 4.64. The summed E-state index contributed by atoms with van der Waals surface area (Å²) in [6, 6.07) is 4.27. The number of rotatable bonds is 5. The second kappa shape index (κ2) is 6.41. The third kappa shape index (κ3) is 3.37. The van der Waals surface area contributed by atoms with Crippen LogP contribution in [0.3, 0.4) is 0 Å². The minimum Gasteiger partial charge on any atom is -0.309 e. The largest absolute Gasteiger partial charge is 0.309 e. The molecule has 0 aliphatic carbocycles. The van der Waals surface area contributed by atoms with Gasteiger partial charge in [-0.3, -0.25) is 4.98 Å². The van der Waals surface area contributed by atoms with Crippen LogP contribution in [-0.2, 0) is 0 Å². The van der Waals surface area contributed by atoms with Gasteiger partial charge >= 0.3 is 0 Å². The van der Waals surface area contributed by atoms with Crippen molar-refractivity contribution in [2.75, 3.05) is 6.54 Å². The summed E-state index contributed by atoms with van der Waals surface area (Å²) in [6.45, 7) is 5.33. The van der Waals surface area contributed by atoms with E-state index in [0.29, 0.717) is 6.04 Å². The highest BCUT2D eigenvalue weighted by Crippen LogP contribution is 2.25. The fourth-order valence-electron chi connectivity index (χ4n) is 1.57. The molecule has 1 unspecified atom stereocenters. The van der Waals surface area contributed by atoms with E-state index in [9.17, 15) is 0 Å². The molecule has 18 heavy (non-hydrogen) atoms. The first kappa shape index (κ1) is 13.6. The lowest BCUT2D eigenvalue weighted by atomic mass is 10.2. The number of hydrogen-bond acceptors (Lipinski definition) is 4. The van der Waals surface area contributed by atoms with Crippen molar-refractivity contribution in [3.8, 4) is 10.7 Å². The Morgan fingerprint density at radius 3 is 2.94 bits per heavy atom. The van der Waals surface area contributed by atoms with Gasteiger partial charge in [0.1, 0.15) is 5.01 Å². The minimum atomic E-state index is 0.297. The molecule has 2 rings (SSSR count). The Morgan fingerprint density at radius 1 is 1.44 bits per heavy atom. The summed E-state index contributed by atoms with van der Waals surface area (Å²) in [4.78, 5) is 9.01. The molecule has 2 aromatic rings. The molecule has 2 aromatic heterocycles. The Balaban J connectivity index is 2.12. The van der Waals surface area contributed by atoms with Crippen LogP contribution in [0, 0.1) is 0 Å². The van der Waals surface area contributed by atoms with Crippen LogP contribution in [0.25, 0.3) is 10.7 Å². The smallest absolute Gasteiger partial charge is 0.142 e. The fourth-order valence-corrected chi connectivity index (χ4v) is 2.69. The highest BCUT2D eigenvalue weighted by Gasteiger charge is 2.10. The Bertz CT molecular complexity index is 495. The van der Waals surface area contributed by atoms with E-state index in [1.54, 1.807) is 17.5 Å². The fraction of sp³-hybridized carbons (Fsp3) is 0.385. The summed E-state index contributed by atoms with van der Waals surface area (Å²) in [6.07, 6.45) is 2.94. The van der Waals surface area contributed by atoms with Gasteiger partial charge in [0.25, 0.3) is 0 Å². The highest BCUT2D eigenvalue weighted by atomic mass is 79.9. The van der Waals surface area contributed by atoms with E-state index in [0.717, 1.165) is 33.8 Å². The van der Waals surface area contributed by atoms with Crippen molar-refractivity contribution in [2.45, 2.75) is 26.3 Å². The summed E-state index contributed by atoms with van der Waals surface area (Å²) in [5, 5.41) is 6.52. The summed E-state index contributed by atoms with van der Waals surface area (Å²) in [5.41, 5.74) is 2.02. The molecule has 3 nitrogen and oxygen atoms in total. The van der Waals surface area contributed by atoms with E-state index >= 15 is 0 Å². The van der Waals surface area contributed by atoms with Crippen LogP contribution in [0.2, 0.25) is 0 Å². The molecular weight excluding hydrogens is 310 g/mol. The molecule has 0 saturated heterocycles. The zero-order valence-corrected chi connectivity index (χ0v) is 12.9. The monoisotopic (exact) mass is 325 g/mol. The van der Waals surface area contributed by atoms with Crippen molar-refractivity contribution < 1.29 is 0 Å². The van der Waals surface area contributed by atoms with Crippen LogP contribution in [-0.4, -0.2) is 16.5 Å². The van der Waals surface area contributed by atoms with Crippen molar-refractivity contribution in [3.63, 3.8) is 0 Å². The van der Waals surface area contributed by atoms with Gasteiger partial charge < -0.3 is 5.32 Å². The standard InChI is InChI=1S/C13H16BrN3S/c1-3-6-15-9(2)12-8-18-13(17-12)11-5-4-10(14)7-16-11/h4-5,7-9,15H,3,6H2,1-2H3. The second-order valence-corrected chi connectivity index (χ2v) is 5.89. The maximum Gasteiger partial charge on any atom is 0.142 e. The van der Waals surface area contributed by atoms with Crippen LogP contribution in [0.15, 0.2) is 28.2 Å². The van der Waals surface area contributed by atoms with Gasteiger partial charge in [0, 0.05) is 22.1 Å². The molecular formula is C13H16BrN3S. The molecule has 5 heteroatoms. The molecule has 0 bridgehead atoms. The van der Waals surface area contributed by atoms with E-state index in [4.69, 9.17) is 0 Å². The first-order valence-electron chi connectivity index (χ1n) is 6.01. The Labute approximate surface area is 120 Å². The molecule has 0 aliphatic rings. The quantitative estimate of drug-likeness (QED) is 0.901. The van der Waals surface area contributed by atoms with Gasteiger partial charge in [-0.05, 0) is 48.0 Å². The van der Waals surface area contributed by atoms with Crippen LogP contribution in [0.1, 0.15) is 32.0 Å². The molecule has 1 atom stereocenters. The van der Waals surface area contributed by atoms with Crippen molar-refractivity contribution in [1.29, 1.82) is 0 Å². The van der Waals surface area contributed by atoms with E-state index < -0.39 is 0 Å². The van der Waals surface area contributed by atoms with Gasteiger partial charge in [-0.1, -0.05) is 6.92 Å². The Morgan fingerprint density at radius 2 is 2.28 bits per heavy atom. The van der Waals surface area contributed by atoms with Crippen molar-refractivity contribution in [3.05, 3.63) is 33.9 Å². The van der Waals surface area contributed by atoms with E-state index in [1.807, 2.05) is 12.1 Å². The molecule has 2 heterocycles. The third-order valence-electron chi connectivity index (χ3n) is 2.61. The molecule has 0 saturated carbocycles. The molecule has 0 spiro atoms. The van der Waals surface area contributed by atoms with Gasteiger partial charge in [0.2, 0.25) is 0 Å². The summed E-state index contributed by atoms with van der Waals surface area (Å²) < 4.78 is 0.987. The van der Waals surface area contributed by atoms with Crippen LogP contribution < -0.4 is 5.32 Å². The molecule has 0 amide bonds. The SMILES string of the molecule is CCCNC(C)c1csc(-c2ccc(Br)cn2)n1. The van der Waals surface area contributed by atoms with Gasteiger partial charge in [-0.25, -0.2) is 4.98 Å². The molecule has 1 N–H and O–H groups in total. The number of nitrogens with zero attached hydrogens (tertiary/aromatic N) is 2. The number of pyridine rings is 1. The van der Waals surface area contributed by atoms with Crippen LogP contribution in [0.4, 0.5) is 0 Å². The summed E-state index contributed by atoms with van der Waals surface area (Å²) in [7, 11) is 0. The number of halogens is 1. The number of hydrogen-bond donors (Lipinski definition) is 1. The lowest BCUT2D eigenvalue weighted by Gasteiger charge is -2.09. The molecule has 0 aromatic carbocycles. The van der Waals surface area contributed by atoms with Crippen LogP contribution in [0.5, 0.6) is 0 Å². The Hall–Kier alpha value is -0.780. The normalized spacial score (nSPS) is 12.6. The predicted octanol–water partition coefficient (Wildman–Crippen LogP) is 4.03. The van der Waals surface area contributed by atoms with Gasteiger partial charge in [-0.2, -0.15) is 0 Å². The lowest BCUT2D eigenvalue weighted by molar-refractivity contribution is 0.561. The lowest BCUT2D eigenvalue weighted by Crippen LogP contribution is -2.19. The van der Waals surface area contributed by atoms with Crippen molar-refractivity contribution in [1.82, 2.24) is 15.3 Å². The van der Waals surface area contributed by atoms with Gasteiger partial charge in [0.05, 0.1) is 11.4 Å². The predicted molar refractivity (Wildman–Crippen MR) is 79.8 cm³/mol. The highest BCUT2D eigenvalue weighted by molar-refractivity contribution is 9.10. The van der Waals surface area contributed by atoms with E-state index in [-0.39, 0.29) is 0 Å². The number of aromatic nitrogens is 2. The first-order chi connectivity index (χ1) is 8.70. The molecule has 0 aliphatic heterocycles. The minimum absolute atomic E-state index is 0.297. The van der Waals surface area contributed by atoms with Gasteiger partial charge in [0.15, 0.2) is 0 Å². The average Bonchev–Trinajstić information content (AvgIpc) is 2.86. The van der Waals surface area contributed by atoms with Crippen LogP contribution >= 0.6 is 27.3 Å². The zero-order valence-electron chi connectivity index (χ0n) is 10.5. The molecule has 0 fully saturated rings. The second-order valence-electron chi connectivity index (χ2n) is 4.11. The van der Waals surface area contributed by atoms with Crippen molar-refractivity contribution >= 4 is 27.3 Å². The third-order valence-corrected chi connectivity index (χ3v) is 3.96. The number of nitrogens with one attached hydrogen (secondary N) is 1. The summed E-state index contributed by atoms with van der Waals surface area (Å²) >= 11 is 5.03. The average molecular weight is 326 g/mol. The zero-order chi connectivity index (χ0) is 13.0. The molecule has 96 valence electrons. The summed E-state index contributed by atoms with van der Waals surface area (Å²) in [5.74, 6) is 0. The first-order valence-corrected chi connectivity index (χ1v) is 7.68.